The molecule has 18 heavy (non-hydrogen) atoms. The number of furan rings is 1. The number of carbonyl (C=O) groups excluding carboxylic acids is 1. The van der Waals surface area contributed by atoms with Crippen LogP contribution in [-0.2, 0) is 15.6 Å². The summed E-state index contributed by atoms with van der Waals surface area (Å²) in [4.78, 5) is 12.5. The number of sulfone groups is 1. The number of hydrogen-bond donors (Lipinski definition) is 0. The minimum absolute atomic E-state index is 0.0962. The van der Waals surface area contributed by atoms with Gasteiger partial charge in [0.2, 0.25) is 0 Å². The van der Waals surface area contributed by atoms with Crippen LogP contribution in [0.15, 0.2) is 39.8 Å². The van der Waals surface area contributed by atoms with Gasteiger partial charge in [-0.3, -0.25) is 4.79 Å². The van der Waals surface area contributed by atoms with Gasteiger partial charge >= 0.3 is 0 Å². The van der Waals surface area contributed by atoms with E-state index in [0.29, 0.717) is 11.1 Å². The lowest BCUT2D eigenvalue weighted by atomic mass is 10.00. The molecule has 0 unspecified atom stereocenters. The SMILES string of the molecule is Cc1cccc2c1C(=O)c1ccoc1CS2(=O)=O. The smallest absolute Gasteiger partial charge is 0.198 e. The Bertz CT molecular complexity index is 753. The van der Waals surface area contributed by atoms with Gasteiger partial charge in [0.25, 0.3) is 0 Å². The Labute approximate surface area is 104 Å². The highest BCUT2D eigenvalue weighted by molar-refractivity contribution is 7.90. The normalized spacial score (nSPS) is 16.8. The molecule has 2 aromatic rings. The maximum absolute atomic E-state index is 12.4. The first-order valence-corrected chi connectivity index (χ1v) is 7.09. The molecule has 1 aliphatic rings. The summed E-state index contributed by atoms with van der Waals surface area (Å²) < 4.78 is 29.6. The molecular weight excluding hydrogens is 252 g/mol. The lowest BCUT2D eigenvalue weighted by Gasteiger charge is -2.07. The second-order valence-corrected chi connectivity index (χ2v) is 6.25. The highest BCUT2D eigenvalue weighted by Gasteiger charge is 2.32. The van der Waals surface area contributed by atoms with E-state index in [0.717, 1.165) is 0 Å². The van der Waals surface area contributed by atoms with Gasteiger partial charge in [-0.1, -0.05) is 12.1 Å². The summed E-state index contributed by atoms with van der Waals surface area (Å²) in [6.07, 6.45) is 1.35. The fourth-order valence-corrected chi connectivity index (χ4v) is 3.81. The molecule has 0 atom stereocenters. The molecule has 0 saturated heterocycles. The molecule has 2 heterocycles. The van der Waals surface area contributed by atoms with E-state index < -0.39 is 9.84 Å². The van der Waals surface area contributed by atoms with Crippen molar-refractivity contribution < 1.29 is 17.6 Å². The molecule has 0 amide bonds. The lowest BCUT2D eigenvalue weighted by Crippen LogP contribution is -2.08. The van der Waals surface area contributed by atoms with Crippen molar-refractivity contribution in [2.75, 3.05) is 0 Å². The highest BCUT2D eigenvalue weighted by atomic mass is 32.2. The number of hydrogen-bond acceptors (Lipinski definition) is 4. The van der Waals surface area contributed by atoms with E-state index in [2.05, 4.69) is 0 Å². The quantitative estimate of drug-likeness (QED) is 0.729. The van der Waals surface area contributed by atoms with Crippen LogP contribution in [0.2, 0.25) is 0 Å². The van der Waals surface area contributed by atoms with Crippen LogP contribution in [-0.4, -0.2) is 14.2 Å². The van der Waals surface area contributed by atoms with E-state index in [1.165, 1.54) is 18.4 Å². The maximum atomic E-state index is 12.4. The highest BCUT2D eigenvalue weighted by Crippen LogP contribution is 2.31. The van der Waals surface area contributed by atoms with Crippen molar-refractivity contribution in [3.05, 3.63) is 53.0 Å². The molecule has 1 aliphatic heterocycles. The Balaban J connectivity index is 2.44. The minimum Gasteiger partial charge on any atom is -0.467 e. The topological polar surface area (TPSA) is 64.3 Å². The maximum Gasteiger partial charge on any atom is 0.198 e. The number of fused-ring (bicyclic) bond motifs is 2. The zero-order valence-electron chi connectivity index (χ0n) is 9.64. The Morgan fingerprint density at radius 2 is 2.00 bits per heavy atom. The Morgan fingerprint density at radius 1 is 1.22 bits per heavy atom. The lowest BCUT2D eigenvalue weighted by molar-refractivity contribution is 0.103. The van der Waals surface area contributed by atoms with E-state index in [4.69, 9.17) is 4.42 Å². The second-order valence-electron chi connectivity index (χ2n) is 4.29. The van der Waals surface area contributed by atoms with E-state index in [-0.39, 0.29) is 27.8 Å². The first kappa shape index (κ1) is 11.2. The van der Waals surface area contributed by atoms with E-state index in [9.17, 15) is 13.2 Å². The fraction of sp³-hybridized carbons (Fsp3) is 0.154. The summed E-state index contributed by atoms with van der Waals surface area (Å²) in [6, 6.07) is 6.37. The summed E-state index contributed by atoms with van der Waals surface area (Å²) >= 11 is 0. The molecule has 0 spiro atoms. The van der Waals surface area contributed by atoms with Crippen molar-refractivity contribution in [1.82, 2.24) is 0 Å². The molecule has 4 nitrogen and oxygen atoms in total. The van der Waals surface area contributed by atoms with Crippen LogP contribution >= 0.6 is 0 Å². The molecule has 0 fully saturated rings. The molecule has 0 aliphatic carbocycles. The van der Waals surface area contributed by atoms with Gasteiger partial charge in [0, 0.05) is 5.56 Å². The second kappa shape index (κ2) is 3.55. The van der Waals surface area contributed by atoms with Crippen molar-refractivity contribution in [2.45, 2.75) is 17.6 Å². The predicted molar refractivity (Wildman–Crippen MR) is 64.2 cm³/mol. The van der Waals surface area contributed by atoms with Crippen LogP contribution in [0.5, 0.6) is 0 Å². The first-order chi connectivity index (χ1) is 8.50. The van der Waals surface area contributed by atoms with Crippen molar-refractivity contribution >= 4 is 15.6 Å². The van der Waals surface area contributed by atoms with Gasteiger partial charge in [0.1, 0.15) is 11.5 Å². The number of carbonyl (C=O) groups is 1. The summed E-state index contributed by atoms with van der Waals surface area (Å²) in [5.74, 6) is -0.333. The molecule has 1 aromatic carbocycles. The molecular formula is C13H10O4S. The molecule has 5 heteroatoms. The van der Waals surface area contributed by atoms with Gasteiger partial charge in [-0.05, 0) is 24.6 Å². The third-order valence-corrected chi connectivity index (χ3v) is 4.76. The van der Waals surface area contributed by atoms with Crippen LogP contribution in [0.4, 0.5) is 0 Å². The van der Waals surface area contributed by atoms with Crippen LogP contribution in [0, 0.1) is 6.92 Å². The monoisotopic (exact) mass is 262 g/mol. The average Bonchev–Trinajstić information content (AvgIpc) is 2.72. The average molecular weight is 262 g/mol. The zero-order valence-corrected chi connectivity index (χ0v) is 10.5. The molecule has 0 N–H and O–H groups in total. The van der Waals surface area contributed by atoms with E-state index in [1.807, 2.05) is 0 Å². The number of aryl methyl sites for hydroxylation is 1. The largest absolute Gasteiger partial charge is 0.467 e. The van der Waals surface area contributed by atoms with Crippen LogP contribution < -0.4 is 0 Å². The number of benzene rings is 1. The number of ketones is 1. The molecule has 0 saturated carbocycles. The zero-order chi connectivity index (χ0) is 12.9. The van der Waals surface area contributed by atoms with E-state index in [1.54, 1.807) is 19.1 Å². The van der Waals surface area contributed by atoms with Crippen LogP contribution in [0.1, 0.15) is 27.2 Å². The molecule has 3 rings (SSSR count). The summed E-state index contributed by atoms with van der Waals surface area (Å²) in [6.45, 7) is 1.73. The van der Waals surface area contributed by atoms with Gasteiger partial charge in [0.05, 0.1) is 16.7 Å². The summed E-state index contributed by atoms with van der Waals surface area (Å²) in [5, 5.41) is 0. The van der Waals surface area contributed by atoms with Gasteiger partial charge < -0.3 is 4.42 Å². The molecule has 92 valence electrons. The molecule has 0 radical (unpaired) electrons. The number of rotatable bonds is 0. The van der Waals surface area contributed by atoms with Gasteiger partial charge in [0.15, 0.2) is 15.6 Å². The summed E-state index contributed by atoms with van der Waals surface area (Å²) in [7, 11) is -3.53. The fourth-order valence-electron chi connectivity index (χ4n) is 2.23. The molecule has 0 bridgehead atoms. The third kappa shape index (κ3) is 1.44. The van der Waals surface area contributed by atoms with Gasteiger partial charge in [-0.25, -0.2) is 8.42 Å². The third-order valence-electron chi connectivity index (χ3n) is 3.11. The van der Waals surface area contributed by atoms with Gasteiger partial charge in [-0.15, -0.1) is 0 Å². The molecule has 1 aromatic heterocycles. The Morgan fingerprint density at radius 3 is 2.78 bits per heavy atom. The van der Waals surface area contributed by atoms with Crippen LogP contribution in [0.25, 0.3) is 0 Å². The van der Waals surface area contributed by atoms with Crippen molar-refractivity contribution in [3.63, 3.8) is 0 Å². The standard InChI is InChI=1S/C13H10O4S/c1-8-3-2-4-11-12(8)13(14)9-5-6-17-10(9)7-18(11,15)16/h2-6H,7H2,1H3. The first-order valence-electron chi connectivity index (χ1n) is 5.44. The van der Waals surface area contributed by atoms with Crippen molar-refractivity contribution in [2.24, 2.45) is 0 Å². The Hall–Kier alpha value is -1.88. The minimum atomic E-state index is -3.53. The summed E-state index contributed by atoms with van der Waals surface area (Å²) in [5.41, 5.74) is 1.26. The van der Waals surface area contributed by atoms with E-state index >= 15 is 0 Å². The predicted octanol–water partition coefficient (Wildman–Crippen LogP) is 2.11. The van der Waals surface area contributed by atoms with Crippen molar-refractivity contribution in [1.29, 1.82) is 0 Å². The van der Waals surface area contributed by atoms with Crippen LogP contribution in [0.3, 0.4) is 0 Å². The Kier molecular flexibility index (Phi) is 2.22. The van der Waals surface area contributed by atoms with Crippen molar-refractivity contribution in [3.8, 4) is 0 Å². The van der Waals surface area contributed by atoms with Gasteiger partial charge in [-0.2, -0.15) is 0 Å².